The Bertz CT molecular complexity index is 411. The Kier molecular flexibility index (Phi) is 3.31. The molecule has 1 aromatic heterocycles. The summed E-state index contributed by atoms with van der Waals surface area (Å²) in [6.07, 6.45) is 8.01. The summed E-state index contributed by atoms with van der Waals surface area (Å²) in [4.78, 5) is 15.8. The van der Waals surface area contributed by atoms with Crippen LogP contribution in [0.5, 0.6) is 0 Å². The molecule has 1 saturated carbocycles. The molecule has 0 radical (unpaired) electrons. The molecule has 0 saturated heterocycles. The van der Waals surface area contributed by atoms with Crippen LogP contribution in [0.15, 0.2) is 18.5 Å². The van der Waals surface area contributed by atoms with Gasteiger partial charge in [0.05, 0.1) is 17.4 Å². The van der Waals surface area contributed by atoms with Crippen LogP contribution in [0.25, 0.3) is 0 Å². The van der Waals surface area contributed by atoms with Crippen LogP contribution in [-0.2, 0) is 0 Å². The number of pyridine rings is 1. The Labute approximate surface area is 102 Å². The summed E-state index contributed by atoms with van der Waals surface area (Å²) in [7, 11) is 0. The Morgan fingerprint density at radius 3 is 2.88 bits per heavy atom. The third-order valence-electron chi connectivity index (χ3n) is 3.58. The highest BCUT2D eigenvalue weighted by Crippen LogP contribution is 2.36. The first-order chi connectivity index (χ1) is 8.11. The van der Waals surface area contributed by atoms with Crippen LogP contribution >= 0.6 is 0 Å². The molecule has 1 aromatic rings. The number of nitrogens with zero attached hydrogens (tertiary/aromatic N) is 1. The van der Waals surface area contributed by atoms with Gasteiger partial charge in [-0.15, -0.1) is 0 Å². The minimum atomic E-state index is -0.0991. The number of nitrogen functional groups attached to an aromatic ring is 1. The zero-order chi connectivity index (χ0) is 12.3. The van der Waals surface area contributed by atoms with Crippen molar-refractivity contribution < 1.29 is 4.79 Å². The average molecular weight is 233 g/mol. The summed E-state index contributed by atoms with van der Waals surface area (Å²) < 4.78 is 0. The van der Waals surface area contributed by atoms with Gasteiger partial charge in [-0.1, -0.05) is 19.8 Å². The molecule has 0 bridgehead atoms. The standard InChI is InChI=1S/C13H19N3O/c1-13(5-2-3-6-13)9-16-12(17)10-4-7-15-8-11(10)14/h4,7-8H,2-3,5-6,9,14H2,1H3,(H,16,17). The molecule has 92 valence electrons. The Morgan fingerprint density at radius 2 is 2.24 bits per heavy atom. The molecule has 0 aliphatic heterocycles. The van der Waals surface area contributed by atoms with E-state index < -0.39 is 0 Å². The third-order valence-corrected chi connectivity index (χ3v) is 3.58. The van der Waals surface area contributed by atoms with Crippen molar-refractivity contribution in [3.05, 3.63) is 24.0 Å². The van der Waals surface area contributed by atoms with Gasteiger partial charge in [0.2, 0.25) is 0 Å². The van der Waals surface area contributed by atoms with Crippen molar-refractivity contribution in [1.82, 2.24) is 10.3 Å². The molecule has 1 aliphatic carbocycles. The molecule has 1 heterocycles. The van der Waals surface area contributed by atoms with Crippen LogP contribution < -0.4 is 11.1 Å². The topological polar surface area (TPSA) is 68.0 Å². The van der Waals surface area contributed by atoms with Crippen LogP contribution in [0, 0.1) is 5.41 Å². The molecule has 1 aliphatic rings. The van der Waals surface area contributed by atoms with Gasteiger partial charge in [-0.3, -0.25) is 9.78 Å². The summed E-state index contributed by atoms with van der Waals surface area (Å²) in [5.41, 5.74) is 6.92. The van der Waals surface area contributed by atoms with E-state index in [0.717, 1.165) is 6.54 Å². The fraction of sp³-hybridized carbons (Fsp3) is 0.538. The molecule has 2 rings (SSSR count). The lowest BCUT2D eigenvalue weighted by atomic mass is 9.89. The molecule has 3 N–H and O–H groups in total. The number of nitrogens with two attached hydrogens (primary N) is 1. The summed E-state index contributed by atoms with van der Waals surface area (Å²) in [6, 6.07) is 1.65. The minimum Gasteiger partial charge on any atom is -0.397 e. The maximum Gasteiger partial charge on any atom is 0.253 e. The zero-order valence-corrected chi connectivity index (χ0v) is 10.2. The smallest absolute Gasteiger partial charge is 0.253 e. The van der Waals surface area contributed by atoms with E-state index in [0.29, 0.717) is 11.3 Å². The molecular weight excluding hydrogens is 214 g/mol. The summed E-state index contributed by atoms with van der Waals surface area (Å²) in [6.45, 7) is 2.96. The number of nitrogens with one attached hydrogen (secondary N) is 1. The van der Waals surface area contributed by atoms with E-state index in [4.69, 9.17) is 5.73 Å². The van der Waals surface area contributed by atoms with Crippen molar-refractivity contribution in [3.8, 4) is 0 Å². The number of carbonyl (C=O) groups excluding carboxylic acids is 1. The number of amides is 1. The van der Waals surface area contributed by atoms with Gasteiger partial charge in [0.25, 0.3) is 5.91 Å². The first-order valence-corrected chi connectivity index (χ1v) is 6.08. The van der Waals surface area contributed by atoms with Crippen LogP contribution in [-0.4, -0.2) is 17.4 Å². The lowest BCUT2D eigenvalue weighted by molar-refractivity contribution is 0.0935. The highest BCUT2D eigenvalue weighted by Gasteiger charge is 2.29. The van der Waals surface area contributed by atoms with Gasteiger partial charge in [-0.2, -0.15) is 0 Å². The van der Waals surface area contributed by atoms with E-state index in [-0.39, 0.29) is 11.3 Å². The van der Waals surface area contributed by atoms with Gasteiger partial charge in [-0.25, -0.2) is 0 Å². The summed E-state index contributed by atoms with van der Waals surface area (Å²) >= 11 is 0. The average Bonchev–Trinajstić information content (AvgIpc) is 2.74. The fourth-order valence-corrected chi connectivity index (χ4v) is 2.41. The largest absolute Gasteiger partial charge is 0.397 e. The first kappa shape index (κ1) is 11.9. The number of carbonyl (C=O) groups is 1. The second kappa shape index (κ2) is 4.73. The molecule has 0 atom stereocenters. The second-order valence-corrected chi connectivity index (χ2v) is 5.16. The highest BCUT2D eigenvalue weighted by molar-refractivity contribution is 5.98. The van der Waals surface area contributed by atoms with Crippen molar-refractivity contribution in [2.45, 2.75) is 32.6 Å². The normalized spacial score (nSPS) is 17.9. The lowest BCUT2D eigenvalue weighted by Crippen LogP contribution is -2.34. The van der Waals surface area contributed by atoms with Gasteiger partial charge in [0, 0.05) is 12.7 Å². The number of rotatable bonds is 3. The molecule has 0 unspecified atom stereocenters. The van der Waals surface area contributed by atoms with E-state index in [2.05, 4.69) is 17.2 Å². The van der Waals surface area contributed by atoms with Gasteiger partial charge < -0.3 is 11.1 Å². The maximum atomic E-state index is 11.9. The summed E-state index contributed by atoms with van der Waals surface area (Å²) in [5.74, 6) is -0.0991. The van der Waals surface area contributed by atoms with Crippen LogP contribution in [0.1, 0.15) is 43.0 Å². The molecule has 0 spiro atoms. The van der Waals surface area contributed by atoms with Crippen molar-refractivity contribution in [2.75, 3.05) is 12.3 Å². The molecular formula is C13H19N3O. The Morgan fingerprint density at radius 1 is 1.53 bits per heavy atom. The van der Waals surface area contributed by atoms with Gasteiger partial charge in [0.15, 0.2) is 0 Å². The predicted octanol–water partition coefficient (Wildman–Crippen LogP) is 1.97. The van der Waals surface area contributed by atoms with Crippen molar-refractivity contribution >= 4 is 11.6 Å². The Balaban J connectivity index is 1.96. The van der Waals surface area contributed by atoms with Gasteiger partial charge in [-0.05, 0) is 24.3 Å². The molecule has 4 heteroatoms. The monoisotopic (exact) mass is 233 g/mol. The van der Waals surface area contributed by atoms with E-state index in [9.17, 15) is 4.79 Å². The fourth-order valence-electron chi connectivity index (χ4n) is 2.41. The molecule has 4 nitrogen and oxygen atoms in total. The molecule has 0 aromatic carbocycles. The van der Waals surface area contributed by atoms with Crippen LogP contribution in [0.4, 0.5) is 5.69 Å². The van der Waals surface area contributed by atoms with Gasteiger partial charge in [0.1, 0.15) is 0 Å². The Hall–Kier alpha value is -1.58. The third kappa shape index (κ3) is 2.75. The molecule has 17 heavy (non-hydrogen) atoms. The molecule has 1 fully saturated rings. The van der Waals surface area contributed by atoms with Crippen molar-refractivity contribution in [2.24, 2.45) is 5.41 Å². The zero-order valence-electron chi connectivity index (χ0n) is 10.2. The number of hydrogen-bond acceptors (Lipinski definition) is 3. The second-order valence-electron chi connectivity index (χ2n) is 5.16. The van der Waals surface area contributed by atoms with Crippen molar-refractivity contribution in [3.63, 3.8) is 0 Å². The first-order valence-electron chi connectivity index (χ1n) is 6.08. The highest BCUT2D eigenvalue weighted by atomic mass is 16.1. The molecule has 1 amide bonds. The lowest BCUT2D eigenvalue weighted by Gasteiger charge is -2.23. The predicted molar refractivity (Wildman–Crippen MR) is 67.6 cm³/mol. The quantitative estimate of drug-likeness (QED) is 0.838. The summed E-state index contributed by atoms with van der Waals surface area (Å²) in [5, 5.41) is 2.98. The number of hydrogen-bond donors (Lipinski definition) is 2. The van der Waals surface area contributed by atoms with Crippen LogP contribution in [0.2, 0.25) is 0 Å². The number of aromatic nitrogens is 1. The minimum absolute atomic E-state index is 0.0991. The number of anilines is 1. The maximum absolute atomic E-state index is 11.9. The van der Waals surface area contributed by atoms with E-state index in [1.807, 2.05) is 0 Å². The van der Waals surface area contributed by atoms with E-state index >= 15 is 0 Å². The van der Waals surface area contributed by atoms with E-state index in [1.54, 1.807) is 12.3 Å². The van der Waals surface area contributed by atoms with Crippen molar-refractivity contribution in [1.29, 1.82) is 0 Å². The van der Waals surface area contributed by atoms with Crippen LogP contribution in [0.3, 0.4) is 0 Å². The van der Waals surface area contributed by atoms with E-state index in [1.165, 1.54) is 31.9 Å². The van der Waals surface area contributed by atoms with Gasteiger partial charge >= 0.3 is 0 Å². The SMILES string of the molecule is CC1(CNC(=O)c2ccncc2N)CCCC1.